The molecular formula is C17H26N2S2. The molecule has 2 aromatic heterocycles. The van der Waals surface area contributed by atoms with Crippen molar-refractivity contribution in [3.8, 4) is 0 Å². The lowest BCUT2D eigenvalue weighted by molar-refractivity contribution is 0.259. The topological polar surface area (TPSA) is 15.3 Å². The van der Waals surface area contributed by atoms with Gasteiger partial charge >= 0.3 is 0 Å². The van der Waals surface area contributed by atoms with E-state index in [4.69, 9.17) is 0 Å². The van der Waals surface area contributed by atoms with Crippen molar-refractivity contribution >= 4 is 22.7 Å². The summed E-state index contributed by atoms with van der Waals surface area (Å²) < 4.78 is 0. The Hall–Kier alpha value is -0.680. The van der Waals surface area contributed by atoms with Gasteiger partial charge in [0.05, 0.1) is 0 Å². The highest BCUT2D eigenvalue weighted by Crippen LogP contribution is 2.26. The molecule has 2 aromatic rings. The highest BCUT2D eigenvalue weighted by molar-refractivity contribution is 7.12. The Morgan fingerprint density at radius 1 is 1.19 bits per heavy atom. The van der Waals surface area contributed by atoms with Gasteiger partial charge in [-0.2, -0.15) is 0 Å². The fraction of sp³-hybridized carbons (Fsp3) is 0.529. The number of nitrogens with zero attached hydrogens (tertiary/aromatic N) is 1. The Labute approximate surface area is 136 Å². The molecule has 0 fully saturated rings. The van der Waals surface area contributed by atoms with Gasteiger partial charge < -0.3 is 5.32 Å². The lowest BCUT2D eigenvalue weighted by Crippen LogP contribution is -2.34. The minimum absolute atomic E-state index is 0.175. The van der Waals surface area contributed by atoms with E-state index in [0.29, 0.717) is 6.04 Å². The quantitative estimate of drug-likeness (QED) is 0.814. The predicted octanol–water partition coefficient (Wildman–Crippen LogP) is 4.89. The van der Waals surface area contributed by atoms with Crippen molar-refractivity contribution in [1.82, 2.24) is 10.2 Å². The van der Waals surface area contributed by atoms with Crippen LogP contribution in [0.2, 0.25) is 0 Å². The minimum atomic E-state index is 0.175. The van der Waals surface area contributed by atoms with Gasteiger partial charge in [-0.1, -0.05) is 6.07 Å². The Morgan fingerprint density at radius 2 is 1.90 bits per heavy atom. The zero-order valence-corrected chi connectivity index (χ0v) is 15.3. The number of hydrogen-bond acceptors (Lipinski definition) is 4. The number of thiophene rings is 2. The Balaban J connectivity index is 1.90. The molecule has 0 saturated heterocycles. The van der Waals surface area contributed by atoms with Crippen LogP contribution in [0.3, 0.4) is 0 Å². The maximum atomic E-state index is 3.55. The third-order valence-electron chi connectivity index (χ3n) is 3.53. The standard InChI is InChI=1S/C17H26N2S2/c1-13(16-7-6-10-20-16)19(5)12-15-9-8-14(21-15)11-18-17(2,3)4/h6-10,13,18H,11-12H2,1-5H3. The molecular weight excluding hydrogens is 296 g/mol. The van der Waals surface area contributed by atoms with Gasteiger partial charge in [0, 0.05) is 39.3 Å². The van der Waals surface area contributed by atoms with E-state index in [9.17, 15) is 0 Å². The van der Waals surface area contributed by atoms with Crippen LogP contribution in [-0.4, -0.2) is 17.5 Å². The van der Waals surface area contributed by atoms with E-state index in [-0.39, 0.29) is 5.54 Å². The van der Waals surface area contributed by atoms with Crippen LogP contribution in [0.15, 0.2) is 29.6 Å². The lowest BCUT2D eigenvalue weighted by Gasteiger charge is -2.23. The Kier molecular flexibility index (Phi) is 5.60. The van der Waals surface area contributed by atoms with Crippen LogP contribution in [0.25, 0.3) is 0 Å². The summed E-state index contributed by atoms with van der Waals surface area (Å²) in [6.45, 7) is 10.9. The molecule has 2 heterocycles. The van der Waals surface area contributed by atoms with E-state index in [2.05, 4.69) is 74.6 Å². The summed E-state index contributed by atoms with van der Waals surface area (Å²) in [5.74, 6) is 0. The summed E-state index contributed by atoms with van der Waals surface area (Å²) in [6.07, 6.45) is 0. The van der Waals surface area contributed by atoms with E-state index in [1.807, 2.05) is 22.7 Å². The summed E-state index contributed by atoms with van der Waals surface area (Å²) in [5.41, 5.74) is 0.175. The normalized spacial score (nSPS) is 13.8. The van der Waals surface area contributed by atoms with Gasteiger partial charge in [0.15, 0.2) is 0 Å². The van der Waals surface area contributed by atoms with Gasteiger partial charge in [-0.15, -0.1) is 22.7 Å². The number of rotatable bonds is 6. The molecule has 0 aromatic carbocycles. The van der Waals surface area contributed by atoms with Crippen LogP contribution in [0.4, 0.5) is 0 Å². The summed E-state index contributed by atoms with van der Waals surface area (Å²) >= 11 is 3.75. The SMILES string of the molecule is CC(c1cccs1)N(C)Cc1ccc(CNC(C)(C)C)s1. The van der Waals surface area contributed by atoms with Crippen LogP contribution in [0.1, 0.15) is 48.4 Å². The third-order valence-corrected chi connectivity index (χ3v) is 5.64. The fourth-order valence-corrected chi connectivity index (χ4v) is 3.95. The van der Waals surface area contributed by atoms with Crippen molar-refractivity contribution in [2.45, 2.75) is 52.4 Å². The zero-order chi connectivity index (χ0) is 15.5. The highest BCUT2D eigenvalue weighted by atomic mass is 32.1. The molecule has 116 valence electrons. The average molecular weight is 323 g/mol. The van der Waals surface area contributed by atoms with Gasteiger partial charge in [0.25, 0.3) is 0 Å². The van der Waals surface area contributed by atoms with Crippen LogP contribution < -0.4 is 5.32 Å². The van der Waals surface area contributed by atoms with Gasteiger partial charge in [-0.05, 0) is 58.3 Å². The molecule has 21 heavy (non-hydrogen) atoms. The largest absolute Gasteiger partial charge is 0.307 e. The summed E-state index contributed by atoms with van der Waals surface area (Å²) in [5, 5.41) is 5.70. The van der Waals surface area contributed by atoms with E-state index < -0.39 is 0 Å². The molecule has 4 heteroatoms. The minimum Gasteiger partial charge on any atom is -0.307 e. The van der Waals surface area contributed by atoms with E-state index in [0.717, 1.165) is 13.1 Å². The van der Waals surface area contributed by atoms with Crippen molar-refractivity contribution in [2.24, 2.45) is 0 Å². The summed E-state index contributed by atoms with van der Waals surface area (Å²) in [7, 11) is 2.21. The average Bonchev–Trinajstić information content (AvgIpc) is 3.06. The molecule has 0 saturated carbocycles. The molecule has 2 nitrogen and oxygen atoms in total. The van der Waals surface area contributed by atoms with Crippen molar-refractivity contribution in [3.05, 3.63) is 44.3 Å². The summed E-state index contributed by atoms with van der Waals surface area (Å²) in [6, 6.07) is 9.35. The number of hydrogen-bond donors (Lipinski definition) is 1. The predicted molar refractivity (Wildman–Crippen MR) is 95.1 cm³/mol. The van der Waals surface area contributed by atoms with Gasteiger partial charge in [0.2, 0.25) is 0 Å². The van der Waals surface area contributed by atoms with E-state index >= 15 is 0 Å². The van der Waals surface area contributed by atoms with Crippen molar-refractivity contribution in [3.63, 3.8) is 0 Å². The molecule has 1 N–H and O–H groups in total. The monoisotopic (exact) mass is 322 g/mol. The first kappa shape index (κ1) is 16.7. The molecule has 0 spiro atoms. The van der Waals surface area contributed by atoms with Crippen LogP contribution >= 0.6 is 22.7 Å². The first-order valence-corrected chi connectivity index (χ1v) is 9.11. The third kappa shape index (κ3) is 5.22. The van der Waals surface area contributed by atoms with Crippen LogP contribution in [0.5, 0.6) is 0 Å². The van der Waals surface area contributed by atoms with Crippen LogP contribution in [-0.2, 0) is 13.1 Å². The van der Waals surface area contributed by atoms with Gasteiger partial charge in [-0.25, -0.2) is 0 Å². The van der Waals surface area contributed by atoms with Crippen molar-refractivity contribution in [2.75, 3.05) is 7.05 Å². The molecule has 0 amide bonds. The molecule has 1 unspecified atom stereocenters. The van der Waals surface area contributed by atoms with Crippen molar-refractivity contribution < 1.29 is 0 Å². The molecule has 0 radical (unpaired) electrons. The highest BCUT2D eigenvalue weighted by Gasteiger charge is 2.14. The molecule has 1 atom stereocenters. The smallest absolute Gasteiger partial charge is 0.0414 e. The van der Waals surface area contributed by atoms with Crippen LogP contribution in [0, 0.1) is 0 Å². The molecule has 0 aliphatic carbocycles. The molecule has 0 aliphatic rings. The number of nitrogens with one attached hydrogen (secondary N) is 1. The fourth-order valence-electron chi connectivity index (χ4n) is 2.08. The second-order valence-electron chi connectivity index (χ2n) is 6.58. The first-order valence-electron chi connectivity index (χ1n) is 7.41. The lowest BCUT2D eigenvalue weighted by atomic mass is 10.1. The molecule has 0 bridgehead atoms. The summed E-state index contributed by atoms with van der Waals surface area (Å²) in [4.78, 5) is 6.70. The van der Waals surface area contributed by atoms with Gasteiger partial charge in [0.1, 0.15) is 0 Å². The van der Waals surface area contributed by atoms with Crippen molar-refractivity contribution in [1.29, 1.82) is 0 Å². The first-order chi connectivity index (χ1) is 9.85. The second kappa shape index (κ2) is 7.05. The van der Waals surface area contributed by atoms with E-state index in [1.165, 1.54) is 14.6 Å². The second-order valence-corrected chi connectivity index (χ2v) is 8.81. The van der Waals surface area contributed by atoms with Gasteiger partial charge in [-0.3, -0.25) is 4.90 Å². The maximum Gasteiger partial charge on any atom is 0.0414 e. The maximum absolute atomic E-state index is 3.55. The van der Waals surface area contributed by atoms with E-state index in [1.54, 1.807) is 0 Å². The Bertz CT molecular complexity index is 537. The zero-order valence-electron chi connectivity index (χ0n) is 13.6. The Morgan fingerprint density at radius 3 is 2.52 bits per heavy atom. The molecule has 2 rings (SSSR count). The molecule has 0 aliphatic heterocycles.